The van der Waals surface area contributed by atoms with Crippen LogP contribution in [0, 0.1) is 0 Å². The van der Waals surface area contributed by atoms with Gasteiger partial charge in [0.15, 0.2) is 5.65 Å². The zero-order valence-electron chi connectivity index (χ0n) is 9.36. The number of hydrogen-bond acceptors (Lipinski definition) is 4. The molecule has 1 saturated heterocycles. The molecule has 3 heterocycles. The standard InChI is InChI=1S/C11H14BrN5/c12-9-7-15-11-4-3-10(16-17(9)11)14-6-8-2-1-5-13-8/h3-4,7-8,13H,1-2,5-6H2,(H,14,16). The number of fused-ring (bicyclic) bond motifs is 1. The van der Waals surface area contributed by atoms with Crippen LogP contribution in [0.4, 0.5) is 5.82 Å². The molecule has 1 aliphatic rings. The van der Waals surface area contributed by atoms with Crippen LogP contribution in [-0.4, -0.2) is 33.7 Å². The van der Waals surface area contributed by atoms with E-state index in [1.165, 1.54) is 12.8 Å². The zero-order chi connectivity index (χ0) is 11.7. The first-order valence-corrected chi connectivity index (χ1v) is 6.60. The number of halogens is 1. The van der Waals surface area contributed by atoms with Crippen molar-refractivity contribution in [2.75, 3.05) is 18.4 Å². The Bertz CT molecular complexity index is 518. The maximum Gasteiger partial charge on any atom is 0.154 e. The second-order valence-electron chi connectivity index (χ2n) is 4.24. The molecule has 0 radical (unpaired) electrons. The largest absolute Gasteiger partial charge is 0.367 e. The van der Waals surface area contributed by atoms with E-state index in [0.29, 0.717) is 6.04 Å². The molecule has 17 heavy (non-hydrogen) atoms. The van der Waals surface area contributed by atoms with Crippen molar-refractivity contribution >= 4 is 27.4 Å². The highest BCUT2D eigenvalue weighted by molar-refractivity contribution is 9.10. The van der Waals surface area contributed by atoms with E-state index in [-0.39, 0.29) is 0 Å². The van der Waals surface area contributed by atoms with Crippen molar-refractivity contribution < 1.29 is 0 Å². The minimum absolute atomic E-state index is 0.568. The summed E-state index contributed by atoms with van der Waals surface area (Å²) in [6, 6.07) is 4.49. The van der Waals surface area contributed by atoms with E-state index in [0.717, 1.165) is 29.2 Å². The minimum atomic E-state index is 0.568. The van der Waals surface area contributed by atoms with Gasteiger partial charge in [-0.15, -0.1) is 5.10 Å². The van der Waals surface area contributed by atoms with Crippen molar-refractivity contribution in [3.05, 3.63) is 22.9 Å². The summed E-state index contributed by atoms with van der Waals surface area (Å²) in [7, 11) is 0. The third-order valence-corrected chi connectivity index (χ3v) is 3.55. The first kappa shape index (κ1) is 11.0. The maximum absolute atomic E-state index is 4.46. The van der Waals surface area contributed by atoms with Gasteiger partial charge in [-0.1, -0.05) is 0 Å². The van der Waals surface area contributed by atoms with Gasteiger partial charge in [-0.25, -0.2) is 9.50 Å². The Morgan fingerprint density at radius 3 is 3.29 bits per heavy atom. The van der Waals surface area contributed by atoms with Crippen molar-refractivity contribution in [2.45, 2.75) is 18.9 Å². The molecule has 0 amide bonds. The number of anilines is 1. The van der Waals surface area contributed by atoms with Gasteiger partial charge in [-0.3, -0.25) is 0 Å². The van der Waals surface area contributed by atoms with Gasteiger partial charge < -0.3 is 10.6 Å². The van der Waals surface area contributed by atoms with Crippen LogP contribution in [0.25, 0.3) is 5.65 Å². The summed E-state index contributed by atoms with van der Waals surface area (Å²) in [6.45, 7) is 2.05. The second-order valence-corrected chi connectivity index (χ2v) is 5.06. The molecule has 2 aromatic heterocycles. The fourth-order valence-electron chi connectivity index (χ4n) is 2.10. The van der Waals surface area contributed by atoms with E-state index in [9.17, 15) is 0 Å². The SMILES string of the molecule is Brc1cnc2ccc(NCC3CCCN3)nn12. The quantitative estimate of drug-likeness (QED) is 0.904. The average molecular weight is 296 g/mol. The lowest BCUT2D eigenvalue weighted by atomic mass is 10.2. The molecule has 0 bridgehead atoms. The van der Waals surface area contributed by atoms with Crippen molar-refractivity contribution in [1.82, 2.24) is 19.9 Å². The van der Waals surface area contributed by atoms with Crippen LogP contribution in [0.15, 0.2) is 22.9 Å². The predicted molar refractivity (Wildman–Crippen MR) is 70.2 cm³/mol. The van der Waals surface area contributed by atoms with Crippen LogP contribution in [0.1, 0.15) is 12.8 Å². The van der Waals surface area contributed by atoms with E-state index >= 15 is 0 Å². The molecule has 0 spiro atoms. The highest BCUT2D eigenvalue weighted by Gasteiger charge is 2.13. The van der Waals surface area contributed by atoms with Gasteiger partial charge >= 0.3 is 0 Å². The summed E-state index contributed by atoms with van der Waals surface area (Å²) >= 11 is 3.42. The number of hydrogen-bond donors (Lipinski definition) is 2. The molecule has 1 unspecified atom stereocenters. The summed E-state index contributed by atoms with van der Waals surface area (Å²) in [5, 5.41) is 11.3. The molecule has 3 rings (SSSR count). The molecular formula is C11H14BrN5. The van der Waals surface area contributed by atoms with E-state index in [1.807, 2.05) is 12.1 Å². The van der Waals surface area contributed by atoms with Crippen LogP contribution in [0.2, 0.25) is 0 Å². The Labute approximate surface area is 108 Å². The van der Waals surface area contributed by atoms with E-state index in [1.54, 1.807) is 10.7 Å². The van der Waals surface area contributed by atoms with Crippen LogP contribution >= 0.6 is 15.9 Å². The van der Waals surface area contributed by atoms with Crippen LogP contribution in [0.3, 0.4) is 0 Å². The molecule has 1 atom stereocenters. The molecular weight excluding hydrogens is 282 g/mol. The van der Waals surface area contributed by atoms with E-state index in [4.69, 9.17) is 0 Å². The Morgan fingerprint density at radius 1 is 1.53 bits per heavy atom. The first-order valence-electron chi connectivity index (χ1n) is 5.80. The number of imidazole rings is 1. The lowest BCUT2D eigenvalue weighted by Gasteiger charge is -2.11. The van der Waals surface area contributed by atoms with Gasteiger partial charge in [-0.2, -0.15) is 0 Å². The summed E-state index contributed by atoms with van der Waals surface area (Å²) in [4.78, 5) is 4.21. The topological polar surface area (TPSA) is 54.2 Å². The normalized spacial score (nSPS) is 19.9. The van der Waals surface area contributed by atoms with Crippen molar-refractivity contribution in [2.24, 2.45) is 0 Å². The summed E-state index contributed by atoms with van der Waals surface area (Å²) < 4.78 is 2.65. The molecule has 1 aliphatic heterocycles. The van der Waals surface area contributed by atoms with Crippen LogP contribution in [0.5, 0.6) is 0 Å². The number of nitrogens with one attached hydrogen (secondary N) is 2. The first-order chi connectivity index (χ1) is 8.33. The molecule has 0 aromatic carbocycles. The van der Waals surface area contributed by atoms with Gasteiger partial charge in [0.1, 0.15) is 10.4 Å². The molecule has 1 fully saturated rings. The Hall–Kier alpha value is -1.14. The highest BCUT2D eigenvalue weighted by atomic mass is 79.9. The summed E-state index contributed by atoms with van der Waals surface area (Å²) in [5.74, 6) is 0.880. The van der Waals surface area contributed by atoms with E-state index < -0.39 is 0 Å². The molecule has 0 aliphatic carbocycles. The van der Waals surface area contributed by atoms with Crippen molar-refractivity contribution in [3.8, 4) is 0 Å². The lowest BCUT2D eigenvalue weighted by Crippen LogP contribution is -2.29. The molecule has 2 N–H and O–H groups in total. The number of nitrogens with zero attached hydrogens (tertiary/aromatic N) is 3. The molecule has 5 nitrogen and oxygen atoms in total. The number of rotatable bonds is 3. The van der Waals surface area contributed by atoms with Gasteiger partial charge in [0, 0.05) is 12.6 Å². The molecule has 0 saturated carbocycles. The highest BCUT2D eigenvalue weighted by Crippen LogP contribution is 2.14. The smallest absolute Gasteiger partial charge is 0.154 e. The lowest BCUT2D eigenvalue weighted by molar-refractivity contribution is 0.631. The van der Waals surface area contributed by atoms with Crippen LogP contribution in [-0.2, 0) is 0 Å². The van der Waals surface area contributed by atoms with Crippen LogP contribution < -0.4 is 10.6 Å². The Kier molecular flexibility index (Phi) is 2.98. The van der Waals surface area contributed by atoms with E-state index in [2.05, 4.69) is 36.6 Å². The number of aromatic nitrogens is 3. The Balaban J connectivity index is 1.73. The van der Waals surface area contributed by atoms with Gasteiger partial charge in [0.25, 0.3) is 0 Å². The summed E-state index contributed by atoms with van der Waals surface area (Å²) in [6.07, 6.45) is 4.26. The fraction of sp³-hybridized carbons (Fsp3) is 0.455. The third kappa shape index (κ3) is 2.28. The second kappa shape index (κ2) is 4.62. The third-order valence-electron chi connectivity index (χ3n) is 3.01. The molecule has 2 aromatic rings. The molecule has 90 valence electrons. The fourth-order valence-corrected chi connectivity index (χ4v) is 2.46. The minimum Gasteiger partial charge on any atom is -0.367 e. The van der Waals surface area contributed by atoms with Gasteiger partial charge in [0.2, 0.25) is 0 Å². The zero-order valence-corrected chi connectivity index (χ0v) is 10.9. The monoisotopic (exact) mass is 295 g/mol. The van der Waals surface area contributed by atoms with Crippen molar-refractivity contribution in [1.29, 1.82) is 0 Å². The van der Waals surface area contributed by atoms with Crippen molar-refractivity contribution in [3.63, 3.8) is 0 Å². The van der Waals surface area contributed by atoms with Gasteiger partial charge in [0.05, 0.1) is 6.20 Å². The molecule has 6 heteroatoms. The average Bonchev–Trinajstić information content (AvgIpc) is 2.97. The predicted octanol–water partition coefficient (Wildman–Crippen LogP) is 1.66. The summed E-state index contributed by atoms with van der Waals surface area (Å²) in [5.41, 5.74) is 0.849. The Morgan fingerprint density at radius 2 is 2.47 bits per heavy atom. The van der Waals surface area contributed by atoms with Gasteiger partial charge in [-0.05, 0) is 47.4 Å². The maximum atomic E-state index is 4.46.